The molecule has 4 atom stereocenters. The zero-order valence-corrected chi connectivity index (χ0v) is 11.0. The molecule has 1 amide bonds. The molecule has 0 spiro atoms. The molecule has 0 saturated heterocycles. The van der Waals surface area contributed by atoms with Crippen LogP contribution in [0, 0.1) is 17.8 Å². The molecule has 102 valence electrons. The summed E-state index contributed by atoms with van der Waals surface area (Å²) in [5, 5.41) is 12.0. The summed E-state index contributed by atoms with van der Waals surface area (Å²) >= 11 is 0. The number of aliphatic carboxylic acids is 1. The van der Waals surface area contributed by atoms with E-state index in [0.717, 1.165) is 31.6 Å². The molecule has 2 aliphatic rings. The molecule has 4 nitrogen and oxygen atoms in total. The van der Waals surface area contributed by atoms with Crippen molar-refractivity contribution in [2.45, 2.75) is 57.9 Å². The molecule has 0 aliphatic heterocycles. The van der Waals surface area contributed by atoms with Crippen LogP contribution in [-0.4, -0.2) is 23.0 Å². The summed E-state index contributed by atoms with van der Waals surface area (Å²) in [5.41, 5.74) is 0. The van der Waals surface area contributed by atoms with Gasteiger partial charge in [0.2, 0.25) is 5.91 Å². The standard InChI is InChI=1S/C14H23NO3/c1-9-3-2-4-10(6-5-9)15-13(16)11-7-8-12(11)14(17)18/h9-12H,2-8H2,1H3,(H,15,16)(H,17,18). The van der Waals surface area contributed by atoms with Gasteiger partial charge in [-0.3, -0.25) is 9.59 Å². The van der Waals surface area contributed by atoms with E-state index in [1.807, 2.05) is 0 Å². The summed E-state index contributed by atoms with van der Waals surface area (Å²) in [6.07, 6.45) is 7.03. The van der Waals surface area contributed by atoms with Crippen LogP contribution in [-0.2, 0) is 9.59 Å². The molecule has 4 heteroatoms. The number of rotatable bonds is 3. The monoisotopic (exact) mass is 253 g/mol. The normalized spacial score (nSPS) is 36.3. The number of hydrogen-bond acceptors (Lipinski definition) is 2. The van der Waals surface area contributed by atoms with Crippen LogP contribution >= 0.6 is 0 Å². The van der Waals surface area contributed by atoms with Crippen LogP contribution in [0.1, 0.15) is 51.9 Å². The van der Waals surface area contributed by atoms with E-state index in [9.17, 15) is 9.59 Å². The molecular formula is C14H23NO3. The third kappa shape index (κ3) is 3.03. The maximum atomic E-state index is 12.0. The number of carboxylic acids is 1. The Bertz CT molecular complexity index is 329. The molecule has 4 unspecified atom stereocenters. The fourth-order valence-corrected chi connectivity index (χ4v) is 3.05. The first kappa shape index (κ1) is 13.4. The number of carbonyl (C=O) groups excluding carboxylic acids is 1. The van der Waals surface area contributed by atoms with Crippen molar-refractivity contribution in [1.82, 2.24) is 5.32 Å². The van der Waals surface area contributed by atoms with E-state index in [2.05, 4.69) is 12.2 Å². The highest BCUT2D eigenvalue weighted by atomic mass is 16.4. The zero-order chi connectivity index (χ0) is 13.1. The van der Waals surface area contributed by atoms with Crippen molar-refractivity contribution in [1.29, 1.82) is 0 Å². The highest BCUT2D eigenvalue weighted by Gasteiger charge is 2.41. The quantitative estimate of drug-likeness (QED) is 0.758. The number of hydrogen-bond donors (Lipinski definition) is 2. The summed E-state index contributed by atoms with van der Waals surface area (Å²) in [5.74, 6) is -0.843. The molecule has 2 N–H and O–H groups in total. The van der Waals surface area contributed by atoms with E-state index < -0.39 is 11.9 Å². The average Bonchev–Trinajstić information content (AvgIpc) is 2.41. The van der Waals surface area contributed by atoms with Crippen molar-refractivity contribution in [2.24, 2.45) is 17.8 Å². The number of carboxylic acid groups (broad SMARTS) is 1. The van der Waals surface area contributed by atoms with Crippen molar-refractivity contribution < 1.29 is 14.7 Å². The van der Waals surface area contributed by atoms with Gasteiger partial charge < -0.3 is 10.4 Å². The Balaban J connectivity index is 1.82. The zero-order valence-electron chi connectivity index (χ0n) is 11.0. The Morgan fingerprint density at radius 2 is 1.72 bits per heavy atom. The molecule has 0 aromatic heterocycles. The van der Waals surface area contributed by atoms with Gasteiger partial charge in [-0.25, -0.2) is 0 Å². The summed E-state index contributed by atoms with van der Waals surface area (Å²) in [4.78, 5) is 22.9. The molecule has 0 heterocycles. The van der Waals surface area contributed by atoms with Crippen LogP contribution in [0.5, 0.6) is 0 Å². The Morgan fingerprint density at radius 3 is 2.33 bits per heavy atom. The second kappa shape index (κ2) is 5.72. The van der Waals surface area contributed by atoms with Gasteiger partial charge in [-0.2, -0.15) is 0 Å². The number of nitrogens with one attached hydrogen (secondary N) is 1. The second-order valence-corrected chi connectivity index (χ2v) is 5.95. The van der Waals surface area contributed by atoms with Gasteiger partial charge in [-0.1, -0.05) is 19.8 Å². The Morgan fingerprint density at radius 1 is 1.00 bits per heavy atom. The molecule has 2 fully saturated rings. The van der Waals surface area contributed by atoms with Crippen molar-refractivity contribution in [3.8, 4) is 0 Å². The predicted octanol–water partition coefficient (Wildman–Crippen LogP) is 2.18. The Kier molecular flexibility index (Phi) is 4.25. The highest BCUT2D eigenvalue weighted by Crippen LogP contribution is 2.35. The van der Waals surface area contributed by atoms with Gasteiger partial charge in [0.25, 0.3) is 0 Å². The van der Waals surface area contributed by atoms with Gasteiger partial charge in [-0.05, 0) is 38.0 Å². The third-order valence-electron chi connectivity index (χ3n) is 4.53. The summed E-state index contributed by atoms with van der Waals surface area (Å²) in [6.45, 7) is 2.26. The van der Waals surface area contributed by atoms with Gasteiger partial charge in [0.15, 0.2) is 0 Å². The first-order valence-corrected chi connectivity index (χ1v) is 7.11. The maximum absolute atomic E-state index is 12.0. The van der Waals surface area contributed by atoms with Crippen molar-refractivity contribution in [2.75, 3.05) is 0 Å². The highest BCUT2D eigenvalue weighted by molar-refractivity contribution is 5.86. The molecule has 0 bridgehead atoms. The van der Waals surface area contributed by atoms with E-state index in [4.69, 9.17) is 5.11 Å². The first-order valence-electron chi connectivity index (χ1n) is 7.11. The van der Waals surface area contributed by atoms with Gasteiger partial charge in [0.1, 0.15) is 0 Å². The molecule has 0 aromatic carbocycles. The summed E-state index contributed by atoms with van der Waals surface area (Å²) in [7, 11) is 0. The van der Waals surface area contributed by atoms with Gasteiger partial charge in [0.05, 0.1) is 11.8 Å². The molecule has 18 heavy (non-hydrogen) atoms. The number of amides is 1. The minimum atomic E-state index is -0.823. The van der Waals surface area contributed by atoms with Crippen LogP contribution in [0.2, 0.25) is 0 Å². The lowest BCUT2D eigenvalue weighted by Gasteiger charge is -2.33. The lowest BCUT2D eigenvalue weighted by atomic mass is 9.73. The molecule has 2 saturated carbocycles. The van der Waals surface area contributed by atoms with Gasteiger partial charge in [-0.15, -0.1) is 0 Å². The summed E-state index contributed by atoms with van der Waals surface area (Å²) in [6, 6.07) is 0.262. The lowest BCUT2D eigenvalue weighted by Crippen LogP contribution is -2.47. The predicted molar refractivity (Wildman–Crippen MR) is 68.0 cm³/mol. The summed E-state index contributed by atoms with van der Waals surface area (Å²) < 4.78 is 0. The van der Waals surface area contributed by atoms with E-state index >= 15 is 0 Å². The molecule has 0 aromatic rings. The number of carbonyl (C=O) groups is 2. The molecule has 0 radical (unpaired) electrons. The maximum Gasteiger partial charge on any atom is 0.307 e. The Labute approximate surface area is 108 Å². The van der Waals surface area contributed by atoms with Crippen LogP contribution in [0.3, 0.4) is 0 Å². The van der Waals surface area contributed by atoms with Gasteiger partial charge >= 0.3 is 5.97 Å². The average molecular weight is 253 g/mol. The van der Waals surface area contributed by atoms with Crippen LogP contribution < -0.4 is 5.32 Å². The van der Waals surface area contributed by atoms with Crippen molar-refractivity contribution in [3.05, 3.63) is 0 Å². The van der Waals surface area contributed by atoms with Crippen LogP contribution in [0.4, 0.5) is 0 Å². The largest absolute Gasteiger partial charge is 0.481 e. The Hall–Kier alpha value is -1.06. The van der Waals surface area contributed by atoms with Crippen molar-refractivity contribution >= 4 is 11.9 Å². The first-order chi connectivity index (χ1) is 8.58. The van der Waals surface area contributed by atoms with E-state index in [1.165, 1.54) is 12.8 Å². The lowest BCUT2D eigenvalue weighted by molar-refractivity contribution is -0.153. The SMILES string of the molecule is CC1CCCC(NC(=O)C2CCC2C(=O)O)CC1. The molecular weight excluding hydrogens is 230 g/mol. The van der Waals surface area contributed by atoms with Crippen molar-refractivity contribution in [3.63, 3.8) is 0 Å². The fourth-order valence-electron chi connectivity index (χ4n) is 3.05. The minimum absolute atomic E-state index is 0.0341. The molecule has 2 aliphatic carbocycles. The minimum Gasteiger partial charge on any atom is -0.481 e. The third-order valence-corrected chi connectivity index (χ3v) is 4.53. The van der Waals surface area contributed by atoms with E-state index in [-0.39, 0.29) is 17.9 Å². The van der Waals surface area contributed by atoms with Crippen LogP contribution in [0.25, 0.3) is 0 Å². The molecule has 2 rings (SSSR count). The van der Waals surface area contributed by atoms with E-state index in [1.54, 1.807) is 0 Å². The smallest absolute Gasteiger partial charge is 0.307 e. The fraction of sp³-hybridized carbons (Fsp3) is 0.857. The van der Waals surface area contributed by atoms with E-state index in [0.29, 0.717) is 6.42 Å². The van der Waals surface area contributed by atoms with Crippen LogP contribution in [0.15, 0.2) is 0 Å². The van der Waals surface area contributed by atoms with Gasteiger partial charge in [0, 0.05) is 6.04 Å². The second-order valence-electron chi connectivity index (χ2n) is 5.95. The topological polar surface area (TPSA) is 66.4 Å².